The maximum absolute atomic E-state index is 12.9. The number of halogens is 2. The minimum absolute atomic E-state index is 0.0420. The fraction of sp³-hybridized carbons (Fsp3) is 0.250. The number of hydrogen-bond donors (Lipinski definition) is 0. The Morgan fingerprint density at radius 3 is 2.83 bits per heavy atom. The van der Waals surface area contributed by atoms with E-state index < -0.39 is 5.82 Å². The van der Waals surface area contributed by atoms with Crippen LogP contribution in [0.4, 0.5) is 4.39 Å². The van der Waals surface area contributed by atoms with E-state index in [1.54, 1.807) is 11.7 Å². The van der Waals surface area contributed by atoms with Gasteiger partial charge in [-0.1, -0.05) is 17.7 Å². The Bertz CT molecular complexity index is 582. The van der Waals surface area contributed by atoms with Gasteiger partial charge in [-0.25, -0.2) is 9.37 Å². The van der Waals surface area contributed by atoms with Crippen LogP contribution in [0.25, 0.3) is 0 Å². The molecule has 0 saturated heterocycles. The second-order valence-corrected chi connectivity index (χ2v) is 4.34. The quantitative estimate of drug-likeness (QED) is 0.851. The molecule has 1 heterocycles. The summed E-state index contributed by atoms with van der Waals surface area (Å²) in [5.74, 6) is 0.141. The van der Waals surface area contributed by atoms with Crippen molar-refractivity contribution >= 4 is 17.4 Å². The van der Waals surface area contributed by atoms with E-state index in [1.165, 1.54) is 24.5 Å². The Morgan fingerprint density at radius 2 is 2.22 bits per heavy atom. The van der Waals surface area contributed by atoms with Crippen LogP contribution < -0.4 is 0 Å². The molecule has 0 radical (unpaired) electrons. The van der Waals surface area contributed by atoms with Crippen LogP contribution in [-0.4, -0.2) is 20.5 Å². The van der Waals surface area contributed by atoms with Gasteiger partial charge >= 0.3 is 0 Å². The van der Waals surface area contributed by atoms with Gasteiger partial charge in [-0.05, 0) is 17.7 Å². The Balaban J connectivity index is 2.05. The fourth-order valence-electron chi connectivity index (χ4n) is 1.60. The smallest absolute Gasteiger partial charge is 0.144 e. The second kappa shape index (κ2) is 5.27. The highest BCUT2D eigenvalue weighted by Gasteiger charge is 2.11. The third kappa shape index (κ3) is 2.92. The van der Waals surface area contributed by atoms with E-state index in [2.05, 4.69) is 10.1 Å². The average molecular weight is 268 g/mol. The van der Waals surface area contributed by atoms with Gasteiger partial charge in [0.25, 0.3) is 0 Å². The van der Waals surface area contributed by atoms with Gasteiger partial charge in [0.2, 0.25) is 0 Å². The molecule has 0 aliphatic carbocycles. The van der Waals surface area contributed by atoms with Gasteiger partial charge in [0.15, 0.2) is 0 Å². The lowest BCUT2D eigenvalue weighted by atomic mass is 10.1. The van der Waals surface area contributed by atoms with Crippen LogP contribution >= 0.6 is 11.6 Å². The number of benzene rings is 1. The molecule has 4 nitrogen and oxygen atoms in total. The number of hydrogen-bond acceptors (Lipinski definition) is 3. The minimum atomic E-state index is -0.412. The molecule has 0 unspecified atom stereocenters. The van der Waals surface area contributed by atoms with E-state index in [1.807, 2.05) is 0 Å². The standard InChI is InChI=1S/C12H11ClFN3O/c1-17-12(15-7-16-17)6-10(18)4-8-2-3-9(14)5-11(8)13/h2-3,5,7H,4,6H2,1H3. The van der Waals surface area contributed by atoms with Gasteiger partial charge in [0.1, 0.15) is 23.8 Å². The molecule has 2 aromatic rings. The summed E-state index contributed by atoms with van der Waals surface area (Å²) in [5.41, 5.74) is 0.616. The first-order chi connectivity index (χ1) is 8.56. The van der Waals surface area contributed by atoms with E-state index in [-0.39, 0.29) is 23.6 Å². The summed E-state index contributed by atoms with van der Waals surface area (Å²) in [7, 11) is 1.72. The molecular formula is C12H11ClFN3O. The number of carbonyl (C=O) groups is 1. The Kier molecular flexibility index (Phi) is 3.72. The molecule has 18 heavy (non-hydrogen) atoms. The number of nitrogens with zero attached hydrogens (tertiary/aromatic N) is 3. The summed E-state index contributed by atoms with van der Waals surface area (Å²) in [6.45, 7) is 0. The van der Waals surface area contributed by atoms with E-state index >= 15 is 0 Å². The molecule has 0 amide bonds. The molecule has 0 N–H and O–H groups in total. The highest BCUT2D eigenvalue weighted by atomic mass is 35.5. The lowest BCUT2D eigenvalue weighted by molar-refractivity contribution is -0.117. The maximum Gasteiger partial charge on any atom is 0.144 e. The first-order valence-electron chi connectivity index (χ1n) is 5.35. The van der Waals surface area contributed by atoms with Gasteiger partial charge < -0.3 is 0 Å². The van der Waals surface area contributed by atoms with Crippen LogP contribution in [-0.2, 0) is 24.7 Å². The number of Topliss-reactive ketones (excluding diaryl/α,β-unsaturated/α-hetero) is 1. The molecule has 0 bridgehead atoms. The third-order valence-electron chi connectivity index (χ3n) is 2.56. The summed E-state index contributed by atoms with van der Waals surface area (Å²) >= 11 is 5.86. The Labute approximate surface area is 108 Å². The molecular weight excluding hydrogens is 257 g/mol. The fourth-order valence-corrected chi connectivity index (χ4v) is 1.83. The average Bonchev–Trinajstić information content (AvgIpc) is 2.69. The van der Waals surface area contributed by atoms with Crippen molar-refractivity contribution in [3.05, 3.63) is 46.8 Å². The highest BCUT2D eigenvalue weighted by molar-refractivity contribution is 6.31. The molecule has 1 aromatic carbocycles. The van der Waals surface area contributed by atoms with Gasteiger partial charge in [-0.15, -0.1) is 0 Å². The second-order valence-electron chi connectivity index (χ2n) is 3.93. The lowest BCUT2D eigenvalue weighted by Gasteiger charge is -2.04. The largest absolute Gasteiger partial charge is 0.299 e. The normalized spacial score (nSPS) is 10.6. The third-order valence-corrected chi connectivity index (χ3v) is 2.92. The van der Waals surface area contributed by atoms with E-state index in [0.29, 0.717) is 11.4 Å². The van der Waals surface area contributed by atoms with Crippen molar-refractivity contribution in [2.75, 3.05) is 0 Å². The van der Waals surface area contributed by atoms with Crippen LogP contribution in [0, 0.1) is 5.82 Å². The molecule has 0 fully saturated rings. The zero-order valence-corrected chi connectivity index (χ0v) is 10.5. The van der Waals surface area contributed by atoms with Gasteiger partial charge in [-0.2, -0.15) is 5.10 Å². The molecule has 0 spiro atoms. The predicted octanol–water partition coefficient (Wildman–Crippen LogP) is 1.96. The van der Waals surface area contributed by atoms with Crippen LogP contribution in [0.5, 0.6) is 0 Å². The molecule has 0 aliphatic heterocycles. The van der Waals surface area contributed by atoms with Crippen molar-refractivity contribution in [3.63, 3.8) is 0 Å². The first kappa shape index (κ1) is 12.7. The lowest BCUT2D eigenvalue weighted by Crippen LogP contribution is -2.11. The van der Waals surface area contributed by atoms with Crippen LogP contribution in [0.15, 0.2) is 24.5 Å². The highest BCUT2D eigenvalue weighted by Crippen LogP contribution is 2.18. The number of ketones is 1. The summed E-state index contributed by atoms with van der Waals surface area (Å²) in [6, 6.07) is 4.01. The van der Waals surface area contributed by atoms with Gasteiger partial charge in [0.05, 0.1) is 6.42 Å². The molecule has 0 saturated carbocycles. The number of aryl methyl sites for hydroxylation is 1. The Hall–Kier alpha value is -1.75. The van der Waals surface area contributed by atoms with E-state index in [0.717, 1.165) is 0 Å². The first-order valence-corrected chi connectivity index (χ1v) is 5.72. The van der Waals surface area contributed by atoms with Crippen molar-refractivity contribution < 1.29 is 9.18 Å². The molecule has 1 aromatic heterocycles. The molecule has 6 heteroatoms. The predicted molar refractivity (Wildman–Crippen MR) is 64.8 cm³/mol. The van der Waals surface area contributed by atoms with Gasteiger partial charge in [0, 0.05) is 18.5 Å². The van der Waals surface area contributed by atoms with Crippen LogP contribution in [0.2, 0.25) is 5.02 Å². The van der Waals surface area contributed by atoms with Crippen LogP contribution in [0.1, 0.15) is 11.4 Å². The number of aromatic nitrogens is 3. The molecule has 2 rings (SSSR count). The van der Waals surface area contributed by atoms with Crippen molar-refractivity contribution in [2.45, 2.75) is 12.8 Å². The topological polar surface area (TPSA) is 47.8 Å². The van der Waals surface area contributed by atoms with Crippen molar-refractivity contribution in [3.8, 4) is 0 Å². The molecule has 0 atom stereocenters. The summed E-state index contributed by atoms with van der Waals surface area (Å²) in [4.78, 5) is 15.8. The summed E-state index contributed by atoms with van der Waals surface area (Å²) in [6.07, 6.45) is 1.74. The summed E-state index contributed by atoms with van der Waals surface area (Å²) in [5, 5.41) is 4.15. The molecule has 0 aliphatic rings. The molecule has 94 valence electrons. The van der Waals surface area contributed by atoms with Crippen molar-refractivity contribution in [1.29, 1.82) is 0 Å². The Morgan fingerprint density at radius 1 is 1.44 bits per heavy atom. The number of carbonyl (C=O) groups excluding carboxylic acids is 1. The van der Waals surface area contributed by atoms with Crippen LogP contribution in [0.3, 0.4) is 0 Å². The maximum atomic E-state index is 12.9. The van der Waals surface area contributed by atoms with Crippen molar-refractivity contribution in [1.82, 2.24) is 14.8 Å². The zero-order valence-electron chi connectivity index (χ0n) is 9.73. The SMILES string of the molecule is Cn1ncnc1CC(=O)Cc1ccc(F)cc1Cl. The number of rotatable bonds is 4. The minimum Gasteiger partial charge on any atom is -0.299 e. The van der Waals surface area contributed by atoms with Crippen molar-refractivity contribution in [2.24, 2.45) is 7.05 Å². The van der Waals surface area contributed by atoms with E-state index in [4.69, 9.17) is 11.6 Å². The zero-order chi connectivity index (χ0) is 13.1. The summed E-state index contributed by atoms with van der Waals surface area (Å²) < 4.78 is 14.4. The van der Waals surface area contributed by atoms with Gasteiger partial charge in [-0.3, -0.25) is 9.48 Å². The van der Waals surface area contributed by atoms with E-state index in [9.17, 15) is 9.18 Å². The monoisotopic (exact) mass is 267 g/mol.